The number of anilines is 3. The van der Waals surface area contributed by atoms with Crippen LogP contribution in [0.2, 0.25) is 5.02 Å². The number of hydrogen-bond donors (Lipinski definition) is 2. The maximum absolute atomic E-state index is 6.06. The average molecular weight is 519 g/mol. The third kappa shape index (κ3) is 4.78. The van der Waals surface area contributed by atoms with Crippen molar-refractivity contribution in [3.63, 3.8) is 0 Å². The van der Waals surface area contributed by atoms with Gasteiger partial charge in [-0.05, 0) is 36.4 Å². The number of halogens is 1. The van der Waals surface area contributed by atoms with Crippen LogP contribution in [0.5, 0.6) is 11.8 Å². The van der Waals surface area contributed by atoms with Gasteiger partial charge in [0.05, 0.1) is 23.1 Å². The van der Waals surface area contributed by atoms with E-state index in [9.17, 15) is 0 Å². The highest BCUT2D eigenvalue weighted by Crippen LogP contribution is 2.33. The largest absolute Gasteiger partial charge is 0.420 e. The lowest BCUT2D eigenvalue weighted by Gasteiger charge is -2.12. The lowest BCUT2D eigenvalue weighted by molar-refractivity contribution is 0.446. The SMILES string of the molecule is Nc1nccc(-c2cccnc2Oc2ccc(Nc3nnc(-c4ccc(Cl)cc4)c4ccccc34)cn2)n1. The fourth-order valence-corrected chi connectivity index (χ4v) is 4.08. The molecule has 9 nitrogen and oxygen atoms in total. The van der Waals surface area contributed by atoms with Crippen LogP contribution >= 0.6 is 11.6 Å². The number of nitrogens with two attached hydrogens (primary N) is 1. The smallest absolute Gasteiger partial charge is 0.230 e. The van der Waals surface area contributed by atoms with E-state index in [0.29, 0.717) is 33.9 Å². The Balaban J connectivity index is 1.25. The Morgan fingerprint density at radius 3 is 2.39 bits per heavy atom. The van der Waals surface area contributed by atoms with Gasteiger partial charge in [-0.25, -0.2) is 19.9 Å². The van der Waals surface area contributed by atoms with Gasteiger partial charge in [0, 0.05) is 39.8 Å². The van der Waals surface area contributed by atoms with Gasteiger partial charge in [0.2, 0.25) is 17.7 Å². The number of rotatable bonds is 6. The highest BCUT2D eigenvalue weighted by Gasteiger charge is 2.13. The molecule has 0 unspecified atom stereocenters. The zero-order valence-corrected chi connectivity index (χ0v) is 20.5. The Kier molecular flexibility index (Phi) is 6.17. The Hall–Kier alpha value is -5.15. The first-order valence-corrected chi connectivity index (χ1v) is 12.0. The standard InChI is InChI=1S/C28H19ClN8O/c29-18-9-7-17(8-10-18)25-20-4-1-2-5-21(20)26(37-36-25)34-19-11-12-24(33-16-19)38-27-22(6-3-14-31-27)23-13-15-32-28(30)35-23/h1-16H,(H,34,37)(H2,30,32,35). The molecule has 3 N–H and O–H groups in total. The first-order chi connectivity index (χ1) is 18.6. The molecule has 0 aliphatic heterocycles. The molecular weight excluding hydrogens is 500 g/mol. The van der Waals surface area contributed by atoms with Gasteiger partial charge in [-0.2, -0.15) is 0 Å². The van der Waals surface area contributed by atoms with Crippen molar-refractivity contribution in [2.75, 3.05) is 11.1 Å². The highest BCUT2D eigenvalue weighted by atomic mass is 35.5. The van der Waals surface area contributed by atoms with Crippen LogP contribution in [0.4, 0.5) is 17.5 Å². The maximum atomic E-state index is 6.06. The van der Waals surface area contributed by atoms with Crippen LogP contribution in [-0.2, 0) is 0 Å². The molecule has 0 amide bonds. The molecule has 0 aliphatic rings. The molecule has 6 aromatic rings. The summed E-state index contributed by atoms with van der Waals surface area (Å²) in [6.07, 6.45) is 4.88. The maximum Gasteiger partial charge on any atom is 0.230 e. The van der Waals surface area contributed by atoms with E-state index in [1.165, 1.54) is 0 Å². The monoisotopic (exact) mass is 518 g/mol. The molecule has 6 rings (SSSR count). The van der Waals surface area contributed by atoms with Crippen LogP contribution in [-0.4, -0.2) is 30.1 Å². The van der Waals surface area contributed by atoms with Gasteiger partial charge in [0.25, 0.3) is 0 Å². The van der Waals surface area contributed by atoms with Crippen LogP contribution in [0.15, 0.2) is 97.5 Å². The number of nitrogen functional groups attached to an aromatic ring is 1. The van der Waals surface area contributed by atoms with E-state index in [0.717, 1.165) is 27.7 Å². The summed E-state index contributed by atoms with van der Waals surface area (Å²) in [4.78, 5) is 17.0. The van der Waals surface area contributed by atoms with Crippen molar-refractivity contribution in [2.24, 2.45) is 0 Å². The second-order valence-corrected chi connectivity index (χ2v) is 8.65. The molecule has 0 atom stereocenters. The molecule has 0 saturated carbocycles. The van der Waals surface area contributed by atoms with Gasteiger partial charge in [0.15, 0.2) is 5.82 Å². The summed E-state index contributed by atoms with van der Waals surface area (Å²) in [5.41, 5.74) is 9.45. The Morgan fingerprint density at radius 2 is 1.61 bits per heavy atom. The molecule has 4 aromatic heterocycles. The predicted octanol–water partition coefficient (Wildman–Crippen LogP) is 6.32. The molecule has 0 aliphatic carbocycles. The number of nitrogens with one attached hydrogen (secondary N) is 1. The molecule has 0 fully saturated rings. The van der Waals surface area contributed by atoms with Gasteiger partial charge in [-0.15, -0.1) is 10.2 Å². The summed E-state index contributed by atoms with van der Waals surface area (Å²) in [6.45, 7) is 0. The van der Waals surface area contributed by atoms with E-state index in [4.69, 9.17) is 22.1 Å². The predicted molar refractivity (Wildman–Crippen MR) is 147 cm³/mol. The average Bonchev–Trinajstić information content (AvgIpc) is 2.95. The van der Waals surface area contributed by atoms with Crippen LogP contribution < -0.4 is 15.8 Å². The van der Waals surface area contributed by atoms with Crippen LogP contribution in [0, 0.1) is 0 Å². The molecule has 38 heavy (non-hydrogen) atoms. The molecule has 0 radical (unpaired) electrons. The van der Waals surface area contributed by atoms with E-state index in [2.05, 4.69) is 35.5 Å². The first-order valence-electron chi connectivity index (χ1n) is 11.6. The third-order valence-corrected chi connectivity index (χ3v) is 5.98. The van der Waals surface area contributed by atoms with Crippen LogP contribution in [0.25, 0.3) is 33.3 Å². The van der Waals surface area contributed by atoms with Crippen molar-refractivity contribution in [2.45, 2.75) is 0 Å². The van der Waals surface area contributed by atoms with Crippen molar-refractivity contribution in [1.29, 1.82) is 0 Å². The molecule has 4 heterocycles. The Labute approximate surface area is 222 Å². The van der Waals surface area contributed by atoms with E-state index in [1.807, 2.05) is 60.7 Å². The molecular formula is C28H19ClN8O. The molecule has 184 valence electrons. The molecule has 2 aromatic carbocycles. The summed E-state index contributed by atoms with van der Waals surface area (Å²) >= 11 is 6.06. The minimum Gasteiger partial charge on any atom is -0.420 e. The lowest BCUT2D eigenvalue weighted by Crippen LogP contribution is -2.00. The van der Waals surface area contributed by atoms with Gasteiger partial charge in [-0.1, -0.05) is 48.0 Å². The van der Waals surface area contributed by atoms with Crippen molar-refractivity contribution in [3.8, 4) is 34.3 Å². The van der Waals surface area contributed by atoms with E-state index < -0.39 is 0 Å². The number of pyridine rings is 2. The van der Waals surface area contributed by atoms with Gasteiger partial charge < -0.3 is 15.8 Å². The molecule has 0 bridgehead atoms. The van der Waals surface area contributed by atoms with Gasteiger partial charge in [0.1, 0.15) is 5.69 Å². The first kappa shape index (κ1) is 23.3. The number of aromatic nitrogens is 6. The molecule has 0 spiro atoms. The fraction of sp³-hybridized carbons (Fsp3) is 0. The topological polar surface area (TPSA) is 125 Å². The molecule has 10 heteroatoms. The molecule has 0 saturated heterocycles. The number of ether oxygens (including phenoxy) is 1. The zero-order chi connectivity index (χ0) is 25.9. The summed E-state index contributed by atoms with van der Waals surface area (Å²) < 4.78 is 5.96. The van der Waals surface area contributed by atoms with Gasteiger partial charge in [-0.3, -0.25) is 0 Å². The zero-order valence-electron chi connectivity index (χ0n) is 19.8. The van der Waals surface area contributed by atoms with Crippen molar-refractivity contribution in [1.82, 2.24) is 30.1 Å². The second kappa shape index (κ2) is 10.1. The minimum atomic E-state index is 0.169. The third-order valence-electron chi connectivity index (χ3n) is 5.73. The van der Waals surface area contributed by atoms with Crippen molar-refractivity contribution in [3.05, 3.63) is 102 Å². The van der Waals surface area contributed by atoms with Crippen molar-refractivity contribution >= 4 is 39.8 Å². The fourth-order valence-electron chi connectivity index (χ4n) is 3.96. The quantitative estimate of drug-likeness (QED) is 0.260. The number of nitrogens with zero attached hydrogens (tertiary/aromatic N) is 6. The van der Waals surface area contributed by atoms with E-state index in [-0.39, 0.29) is 5.95 Å². The summed E-state index contributed by atoms with van der Waals surface area (Å²) in [7, 11) is 0. The summed E-state index contributed by atoms with van der Waals surface area (Å²) in [6, 6.07) is 24.5. The van der Waals surface area contributed by atoms with Crippen LogP contribution in [0.1, 0.15) is 0 Å². The Morgan fingerprint density at radius 1 is 0.763 bits per heavy atom. The summed E-state index contributed by atoms with van der Waals surface area (Å²) in [5, 5.41) is 14.8. The van der Waals surface area contributed by atoms with Gasteiger partial charge >= 0.3 is 0 Å². The number of fused-ring (bicyclic) bond motifs is 1. The van der Waals surface area contributed by atoms with Crippen LogP contribution in [0.3, 0.4) is 0 Å². The highest BCUT2D eigenvalue weighted by molar-refractivity contribution is 6.30. The lowest BCUT2D eigenvalue weighted by atomic mass is 10.0. The minimum absolute atomic E-state index is 0.169. The van der Waals surface area contributed by atoms with E-state index >= 15 is 0 Å². The van der Waals surface area contributed by atoms with Crippen molar-refractivity contribution < 1.29 is 4.74 Å². The normalized spacial score (nSPS) is 10.9. The summed E-state index contributed by atoms with van der Waals surface area (Å²) in [5.74, 6) is 1.50. The Bertz CT molecular complexity index is 1740. The number of benzene rings is 2. The second-order valence-electron chi connectivity index (χ2n) is 8.22. The number of hydrogen-bond acceptors (Lipinski definition) is 9. The van der Waals surface area contributed by atoms with E-state index in [1.54, 1.807) is 36.8 Å².